The van der Waals surface area contributed by atoms with Crippen molar-refractivity contribution in [3.05, 3.63) is 29.3 Å². The summed E-state index contributed by atoms with van der Waals surface area (Å²) in [4.78, 5) is 4.69. The van der Waals surface area contributed by atoms with Crippen molar-refractivity contribution in [2.45, 2.75) is 32.7 Å². The van der Waals surface area contributed by atoms with Gasteiger partial charge in [-0.3, -0.25) is 0 Å². The van der Waals surface area contributed by atoms with Crippen molar-refractivity contribution < 1.29 is 0 Å². The Morgan fingerprint density at radius 3 is 2.75 bits per heavy atom. The van der Waals surface area contributed by atoms with Crippen LogP contribution in [0.25, 0.3) is 10.2 Å². The van der Waals surface area contributed by atoms with Crippen molar-refractivity contribution in [1.82, 2.24) is 10.3 Å². The highest BCUT2D eigenvalue weighted by molar-refractivity contribution is 7.18. The zero-order valence-electron chi connectivity index (χ0n) is 10.0. The fourth-order valence-electron chi connectivity index (χ4n) is 1.80. The van der Waals surface area contributed by atoms with Gasteiger partial charge in [0.05, 0.1) is 15.2 Å². The number of para-hydroxylation sites is 1. The summed E-state index contributed by atoms with van der Waals surface area (Å²) in [6.07, 6.45) is 0. The van der Waals surface area contributed by atoms with E-state index in [0.29, 0.717) is 12.0 Å². The molecule has 2 atom stereocenters. The van der Waals surface area contributed by atoms with Gasteiger partial charge in [0.15, 0.2) is 0 Å². The van der Waals surface area contributed by atoms with Crippen molar-refractivity contribution in [1.29, 1.82) is 0 Å². The molecule has 1 heterocycles. The number of nitrogens with one attached hydrogen (secondary N) is 1. The molecule has 0 spiro atoms. The van der Waals surface area contributed by atoms with Crippen molar-refractivity contribution in [2.24, 2.45) is 0 Å². The van der Waals surface area contributed by atoms with Gasteiger partial charge in [-0.05, 0) is 25.6 Å². The zero-order valence-corrected chi connectivity index (χ0v) is 10.8. The Hall–Kier alpha value is -0.930. The Morgan fingerprint density at radius 2 is 2.06 bits per heavy atom. The number of rotatable bonds is 4. The molecule has 2 nitrogen and oxygen atoms in total. The molecule has 1 N–H and O–H groups in total. The lowest BCUT2D eigenvalue weighted by Crippen LogP contribution is -2.30. The van der Waals surface area contributed by atoms with Crippen molar-refractivity contribution in [3.63, 3.8) is 0 Å². The molecule has 16 heavy (non-hydrogen) atoms. The predicted molar refractivity (Wildman–Crippen MR) is 71.2 cm³/mol. The summed E-state index contributed by atoms with van der Waals surface area (Å²) in [6, 6.07) is 8.82. The van der Waals surface area contributed by atoms with Gasteiger partial charge in [0.1, 0.15) is 0 Å². The van der Waals surface area contributed by atoms with E-state index in [1.807, 2.05) is 17.4 Å². The summed E-state index contributed by atoms with van der Waals surface area (Å²) in [5.74, 6) is 0.470. The van der Waals surface area contributed by atoms with Crippen LogP contribution in [0.5, 0.6) is 0 Å². The second kappa shape index (κ2) is 4.93. The molecule has 2 aromatic rings. The highest BCUT2D eigenvalue weighted by atomic mass is 32.1. The van der Waals surface area contributed by atoms with Crippen LogP contribution in [0.2, 0.25) is 0 Å². The monoisotopic (exact) mass is 234 g/mol. The SMILES string of the molecule is CCNC(C)C(C)c1nc2ccccc2s1. The van der Waals surface area contributed by atoms with Gasteiger partial charge < -0.3 is 5.32 Å². The van der Waals surface area contributed by atoms with Crippen LogP contribution in [-0.4, -0.2) is 17.6 Å². The van der Waals surface area contributed by atoms with Gasteiger partial charge in [0.2, 0.25) is 0 Å². The van der Waals surface area contributed by atoms with Crippen molar-refractivity contribution in [2.75, 3.05) is 6.54 Å². The number of benzene rings is 1. The van der Waals surface area contributed by atoms with Gasteiger partial charge in [0, 0.05) is 12.0 Å². The first-order valence-electron chi connectivity index (χ1n) is 5.81. The zero-order chi connectivity index (χ0) is 11.5. The predicted octanol–water partition coefficient (Wildman–Crippen LogP) is 3.40. The Balaban J connectivity index is 2.26. The van der Waals surface area contributed by atoms with Crippen molar-refractivity contribution >= 4 is 21.6 Å². The van der Waals surface area contributed by atoms with Crippen LogP contribution in [-0.2, 0) is 0 Å². The number of thiazole rings is 1. The minimum absolute atomic E-state index is 0.470. The fraction of sp³-hybridized carbons (Fsp3) is 0.462. The van der Waals surface area contributed by atoms with E-state index in [-0.39, 0.29) is 0 Å². The molecule has 0 amide bonds. The molecule has 2 unspecified atom stereocenters. The minimum Gasteiger partial charge on any atom is -0.314 e. The van der Waals surface area contributed by atoms with Crippen LogP contribution in [0.4, 0.5) is 0 Å². The molecule has 0 bridgehead atoms. The molecule has 0 saturated carbocycles. The summed E-state index contributed by atoms with van der Waals surface area (Å²) in [5.41, 5.74) is 1.12. The third-order valence-corrected chi connectivity index (χ3v) is 4.21. The molecule has 0 aliphatic heterocycles. The number of hydrogen-bond donors (Lipinski definition) is 1. The van der Waals surface area contributed by atoms with Crippen molar-refractivity contribution in [3.8, 4) is 0 Å². The second-order valence-electron chi connectivity index (χ2n) is 4.15. The smallest absolute Gasteiger partial charge is 0.0982 e. The molecule has 86 valence electrons. The van der Waals surface area contributed by atoms with Crippen LogP contribution in [0, 0.1) is 0 Å². The topological polar surface area (TPSA) is 24.9 Å². The van der Waals surface area contributed by atoms with E-state index >= 15 is 0 Å². The number of hydrogen-bond acceptors (Lipinski definition) is 3. The lowest BCUT2D eigenvalue weighted by atomic mass is 10.1. The Bertz CT molecular complexity index is 431. The number of fused-ring (bicyclic) bond motifs is 1. The van der Waals surface area contributed by atoms with E-state index in [4.69, 9.17) is 4.98 Å². The van der Waals surface area contributed by atoms with E-state index in [0.717, 1.165) is 12.1 Å². The molecular weight excluding hydrogens is 216 g/mol. The normalized spacial score (nSPS) is 15.2. The van der Waals surface area contributed by atoms with Gasteiger partial charge in [-0.15, -0.1) is 11.3 Å². The van der Waals surface area contributed by atoms with E-state index in [9.17, 15) is 0 Å². The highest BCUT2D eigenvalue weighted by Crippen LogP contribution is 2.28. The number of likely N-dealkylation sites (N-methyl/N-ethyl adjacent to an activating group) is 1. The number of nitrogens with zero attached hydrogens (tertiary/aromatic N) is 1. The van der Waals surface area contributed by atoms with E-state index in [2.05, 4.69) is 44.3 Å². The molecule has 2 rings (SSSR count). The molecule has 0 aliphatic carbocycles. The Morgan fingerprint density at radius 1 is 1.31 bits per heavy atom. The quantitative estimate of drug-likeness (QED) is 0.877. The first kappa shape index (κ1) is 11.6. The highest BCUT2D eigenvalue weighted by Gasteiger charge is 2.17. The van der Waals surface area contributed by atoms with Gasteiger partial charge in [0.25, 0.3) is 0 Å². The molecular formula is C13H18N2S. The fourth-order valence-corrected chi connectivity index (χ4v) is 2.92. The molecule has 0 fully saturated rings. The lowest BCUT2D eigenvalue weighted by molar-refractivity contribution is 0.494. The summed E-state index contributed by atoms with van der Waals surface area (Å²) in [6.45, 7) is 7.61. The first-order valence-corrected chi connectivity index (χ1v) is 6.63. The molecule has 0 aliphatic rings. The van der Waals surface area contributed by atoms with Gasteiger partial charge in [-0.2, -0.15) is 0 Å². The van der Waals surface area contributed by atoms with E-state index in [1.54, 1.807) is 0 Å². The van der Waals surface area contributed by atoms with Crippen LogP contribution in [0.15, 0.2) is 24.3 Å². The Kier molecular flexibility index (Phi) is 3.56. The minimum atomic E-state index is 0.470. The van der Waals surface area contributed by atoms with E-state index in [1.165, 1.54) is 9.71 Å². The van der Waals surface area contributed by atoms with Crippen LogP contribution in [0.3, 0.4) is 0 Å². The standard InChI is InChI=1S/C13H18N2S/c1-4-14-10(3)9(2)13-15-11-7-5-6-8-12(11)16-13/h5-10,14H,4H2,1-3H3. The van der Waals surface area contributed by atoms with Gasteiger partial charge >= 0.3 is 0 Å². The molecule has 1 aromatic carbocycles. The average molecular weight is 234 g/mol. The van der Waals surface area contributed by atoms with Crippen LogP contribution in [0.1, 0.15) is 31.7 Å². The average Bonchev–Trinajstić information content (AvgIpc) is 2.71. The summed E-state index contributed by atoms with van der Waals surface area (Å²) < 4.78 is 1.29. The Labute approximate surface area is 101 Å². The molecule has 3 heteroatoms. The lowest BCUT2D eigenvalue weighted by Gasteiger charge is -2.18. The third kappa shape index (κ3) is 2.25. The number of aromatic nitrogens is 1. The second-order valence-corrected chi connectivity index (χ2v) is 5.22. The maximum atomic E-state index is 4.69. The maximum Gasteiger partial charge on any atom is 0.0982 e. The first-order chi connectivity index (χ1) is 7.72. The summed E-state index contributed by atoms with van der Waals surface area (Å²) >= 11 is 1.81. The molecule has 1 aromatic heterocycles. The summed E-state index contributed by atoms with van der Waals surface area (Å²) in [7, 11) is 0. The maximum absolute atomic E-state index is 4.69. The van der Waals surface area contributed by atoms with Gasteiger partial charge in [-0.25, -0.2) is 4.98 Å². The summed E-state index contributed by atoms with van der Waals surface area (Å²) in [5, 5.41) is 4.69. The molecule has 0 radical (unpaired) electrons. The van der Waals surface area contributed by atoms with E-state index < -0.39 is 0 Å². The van der Waals surface area contributed by atoms with Crippen LogP contribution < -0.4 is 5.32 Å². The largest absolute Gasteiger partial charge is 0.314 e. The van der Waals surface area contributed by atoms with Gasteiger partial charge in [-0.1, -0.05) is 26.0 Å². The van der Waals surface area contributed by atoms with Crippen LogP contribution >= 0.6 is 11.3 Å². The molecule has 0 saturated heterocycles. The third-order valence-electron chi connectivity index (χ3n) is 2.98.